The van der Waals surface area contributed by atoms with Gasteiger partial charge in [0.05, 0.1) is 5.39 Å². The average molecular weight is 259 g/mol. The first-order valence-corrected chi connectivity index (χ1v) is 6.77. The largest absolute Gasteiger partial charge is 0.286 e. The molecule has 0 spiro atoms. The number of hydrogen-bond donors (Lipinski definition) is 1. The zero-order chi connectivity index (χ0) is 13.7. The molecule has 0 atom stereocenters. The van der Waals surface area contributed by atoms with Gasteiger partial charge >= 0.3 is 0 Å². The van der Waals surface area contributed by atoms with Gasteiger partial charge in [-0.25, -0.2) is 0 Å². The molecule has 0 amide bonds. The van der Waals surface area contributed by atoms with Gasteiger partial charge in [0.25, 0.3) is 5.82 Å². The number of pyridine rings is 2. The van der Waals surface area contributed by atoms with Crippen molar-refractivity contribution in [3.05, 3.63) is 66.4 Å². The predicted molar refractivity (Wildman–Crippen MR) is 83.8 cm³/mol. The van der Waals surface area contributed by atoms with Crippen LogP contribution in [0, 0.1) is 6.92 Å². The van der Waals surface area contributed by atoms with E-state index in [4.69, 9.17) is 5.73 Å². The summed E-state index contributed by atoms with van der Waals surface area (Å²) in [6.07, 6.45) is 0. The summed E-state index contributed by atoms with van der Waals surface area (Å²) in [6, 6.07) is 21.1. The van der Waals surface area contributed by atoms with Crippen molar-refractivity contribution in [3.8, 4) is 0 Å². The summed E-state index contributed by atoms with van der Waals surface area (Å²) >= 11 is 0. The maximum atomic E-state index is 6.41. The van der Waals surface area contributed by atoms with E-state index in [1.165, 1.54) is 16.2 Å². The smallest absolute Gasteiger partial charge is 0.285 e. The van der Waals surface area contributed by atoms with E-state index in [1.54, 1.807) is 0 Å². The number of anilines is 1. The number of benzene rings is 2. The summed E-state index contributed by atoms with van der Waals surface area (Å²) in [6.45, 7) is 2.10. The van der Waals surface area contributed by atoms with Crippen molar-refractivity contribution in [1.29, 1.82) is 0 Å². The number of nitrogen functional groups attached to an aromatic ring is 1. The Morgan fingerprint density at radius 3 is 2.15 bits per heavy atom. The van der Waals surface area contributed by atoms with Crippen molar-refractivity contribution < 1.29 is 4.40 Å². The summed E-state index contributed by atoms with van der Waals surface area (Å²) in [5.41, 5.74) is 8.73. The first kappa shape index (κ1) is 11.2. The Morgan fingerprint density at radius 2 is 1.40 bits per heavy atom. The molecule has 0 aliphatic rings. The van der Waals surface area contributed by atoms with Crippen LogP contribution in [0.15, 0.2) is 60.7 Å². The zero-order valence-electron chi connectivity index (χ0n) is 11.3. The Labute approximate surface area is 117 Å². The molecule has 2 nitrogen and oxygen atoms in total. The second-order valence-electron chi connectivity index (χ2n) is 5.21. The molecule has 96 valence electrons. The molecule has 0 saturated heterocycles. The van der Waals surface area contributed by atoms with Crippen LogP contribution in [0.2, 0.25) is 0 Å². The normalized spacial score (nSPS) is 11.4. The van der Waals surface area contributed by atoms with Crippen molar-refractivity contribution in [2.75, 3.05) is 5.73 Å². The zero-order valence-corrected chi connectivity index (χ0v) is 11.3. The highest BCUT2D eigenvalue weighted by molar-refractivity contribution is 6.00. The van der Waals surface area contributed by atoms with Crippen molar-refractivity contribution >= 4 is 32.9 Å². The van der Waals surface area contributed by atoms with Crippen LogP contribution >= 0.6 is 0 Å². The number of hydrogen-bond acceptors (Lipinski definition) is 1. The minimum absolute atomic E-state index is 0.807. The lowest BCUT2D eigenvalue weighted by Gasteiger charge is -2.08. The molecule has 2 aromatic carbocycles. The maximum Gasteiger partial charge on any atom is 0.285 e. The minimum Gasteiger partial charge on any atom is -0.286 e. The SMILES string of the molecule is Cc1cc2ccccc2c2cc3ccccc3c(N)[n+]12. The quantitative estimate of drug-likeness (QED) is 0.292. The molecule has 0 saturated carbocycles. The van der Waals surface area contributed by atoms with Crippen LogP contribution in [-0.4, -0.2) is 0 Å². The van der Waals surface area contributed by atoms with Crippen LogP contribution in [0.5, 0.6) is 0 Å². The summed E-state index contributed by atoms with van der Waals surface area (Å²) in [4.78, 5) is 0. The lowest BCUT2D eigenvalue weighted by molar-refractivity contribution is -0.501. The Kier molecular flexibility index (Phi) is 2.21. The molecular weight excluding hydrogens is 244 g/mol. The first-order valence-electron chi connectivity index (χ1n) is 6.77. The molecule has 2 aromatic heterocycles. The number of fused-ring (bicyclic) bond motifs is 4. The third kappa shape index (κ3) is 1.42. The van der Waals surface area contributed by atoms with Crippen molar-refractivity contribution in [3.63, 3.8) is 0 Å². The molecule has 0 aliphatic heterocycles. The van der Waals surface area contributed by atoms with Crippen LogP contribution in [0.3, 0.4) is 0 Å². The van der Waals surface area contributed by atoms with E-state index in [9.17, 15) is 0 Å². The van der Waals surface area contributed by atoms with Gasteiger partial charge in [-0.05, 0) is 35.9 Å². The molecule has 4 rings (SSSR count). The van der Waals surface area contributed by atoms with Crippen LogP contribution in [0.25, 0.3) is 27.1 Å². The number of rotatable bonds is 0. The van der Waals surface area contributed by atoms with Gasteiger partial charge in [-0.2, -0.15) is 4.40 Å². The number of aromatic nitrogens is 1. The van der Waals surface area contributed by atoms with Crippen molar-refractivity contribution in [1.82, 2.24) is 0 Å². The van der Waals surface area contributed by atoms with Crippen molar-refractivity contribution in [2.24, 2.45) is 0 Å². The highest BCUT2D eigenvalue weighted by atomic mass is 15.0. The Morgan fingerprint density at radius 1 is 0.800 bits per heavy atom. The summed E-state index contributed by atoms with van der Waals surface area (Å²) in [5.74, 6) is 0.807. The van der Waals surface area contributed by atoms with Gasteiger partial charge < -0.3 is 0 Å². The van der Waals surface area contributed by atoms with Gasteiger partial charge in [-0.1, -0.05) is 42.5 Å². The highest BCUT2D eigenvalue weighted by Gasteiger charge is 2.15. The molecule has 2 heterocycles. The topological polar surface area (TPSA) is 30.1 Å². The Bertz CT molecular complexity index is 971. The molecular formula is C18H15N2+. The third-order valence-corrected chi connectivity index (χ3v) is 3.96. The fourth-order valence-electron chi connectivity index (χ4n) is 3.04. The van der Waals surface area contributed by atoms with Crippen LogP contribution in [0.1, 0.15) is 5.69 Å². The lowest BCUT2D eigenvalue weighted by atomic mass is 10.1. The van der Waals surface area contributed by atoms with Crippen LogP contribution < -0.4 is 10.1 Å². The molecule has 0 fully saturated rings. The maximum absolute atomic E-state index is 6.41. The highest BCUT2D eigenvalue weighted by Crippen LogP contribution is 2.25. The van der Waals surface area contributed by atoms with Gasteiger partial charge in [-0.15, -0.1) is 0 Å². The van der Waals surface area contributed by atoms with Crippen molar-refractivity contribution in [2.45, 2.75) is 6.92 Å². The Hall–Kier alpha value is -2.61. The number of aryl methyl sites for hydroxylation is 1. The molecule has 0 unspecified atom stereocenters. The molecule has 0 aliphatic carbocycles. The van der Waals surface area contributed by atoms with Gasteiger partial charge in [0.1, 0.15) is 11.2 Å². The average Bonchev–Trinajstić information content (AvgIpc) is 2.47. The van der Waals surface area contributed by atoms with Gasteiger partial charge in [0.2, 0.25) is 0 Å². The summed E-state index contributed by atoms with van der Waals surface area (Å²) < 4.78 is 2.14. The van der Waals surface area contributed by atoms with E-state index in [1.807, 2.05) is 6.07 Å². The second-order valence-corrected chi connectivity index (χ2v) is 5.21. The van der Waals surface area contributed by atoms with Gasteiger partial charge in [0, 0.05) is 5.39 Å². The predicted octanol–water partition coefficient (Wildman–Crippen LogP) is 3.62. The van der Waals surface area contributed by atoms with Crippen LogP contribution in [0.4, 0.5) is 5.82 Å². The Balaban J connectivity index is 2.36. The number of nitrogens with zero attached hydrogens (tertiary/aromatic N) is 1. The van der Waals surface area contributed by atoms with E-state index in [-0.39, 0.29) is 0 Å². The van der Waals surface area contributed by atoms with E-state index in [0.717, 1.165) is 22.4 Å². The fourth-order valence-corrected chi connectivity index (χ4v) is 3.04. The van der Waals surface area contributed by atoms with Gasteiger partial charge in [-0.3, -0.25) is 5.73 Å². The standard InChI is InChI=1S/C18H14N2/c1-12-10-13-6-2-4-8-15(13)17-11-14-7-3-5-9-16(14)18(19)20(12)17/h2-11,19H,1H3/p+1. The summed E-state index contributed by atoms with van der Waals surface area (Å²) in [5, 5.41) is 4.76. The van der Waals surface area contributed by atoms with Gasteiger partial charge in [0.15, 0.2) is 0 Å². The van der Waals surface area contributed by atoms with E-state index in [2.05, 4.69) is 65.9 Å². The van der Waals surface area contributed by atoms with E-state index >= 15 is 0 Å². The lowest BCUT2D eigenvalue weighted by Crippen LogP contribution is -2.30. The van der Waals surface area contributed by atoms with Crippen LogP contribution in [-0.2, 0) is 0 Å². The first-order chi connectivity index (χ1) is 9.75. The molecule has 0 radical (unpaired) electrons. The minimum atomic E-state index is 0.807. The summed E-state index contributed by atoms with van der Waals surface area (Å²) in [7, 11) is 0. The molecule has 2 N–H and O–H groups in total. The van der Waals surface area contributed by atoms with E-state index < -0.39 is 0 Å². The fraction of sp³-hybridized carbons (Fsp3) is 0.0556. The molecule has 4 aromatic rings. The molecule has 2 heteroatoms. The molecule has 20 heavy (non-hydrogen) atoms. The molecule has 0 bridgehead atoms. The van der Waals surface area contributed by atoms with E-state index in [0.29, 0.717) is 0 Å². The monoisotopic (exact) mass is 259 g/mol. The third-order valence-electron chi connectivity index (χ3n) is 3.96. The number of nitrogens with two attached hydrogens (primary N) is 1. The second kappa shape index (κ2) is 3.94.